The molecule has 1 amide bonds. The number of nitrogens with one attached hydrogen (secondary N) is 1. The molecule has 0 radical (unpaired) electrons. The first-order valence-electron chi connectivity index (χ1n) is 6.60. The van der Waals surface area contributed by atoms with E-state index >= 15 is 0 Å². The van der Waals surface area contributed by atoms with Crippen LogP contribution in [0.2, 0.25) is 0 Å². The minimum atomic E-state index is 0.0225. The van der Waals surface area contributed by atoms with Crippen molar-refractivity contribution in [1.82, 2.24) is 20.1 Å². The van der Waals surface area contributed by atoms with Crippen molar-refractivity contribution in [3.8, 4) is 0 Å². The van der Waals surface area contributed by atoms with Crippen molar-refractivity contribution >= 4 is 29.4 Å². The van der Waals surface area contributed by atoms with Gasteiger partial charge in [-0.3, -0.25) is 4.79 Å². The van der Waals surface area contributed by atoms with Gasteiger partial charge in [0.05, 0.1) is 5.75 Å². The van der Waals surface area contributed by atoms with E-state index in [0.29, 0.717) is 12.3 Å². The van der Waals surface area contributed by atoms with Crippen LogP contribution in [0.3, 0.4) is 0 Å². The lowest BCUT2D eigenvalue weighted by Crippen LogP contribution is -2.27. The maximum atomic E-state index is 11.7. The highest BCUT2D eigenvalue weighted by Crippen LogP contribution is 2.16. The zero-order chi connectivity index (χ0) is 15.1. The molecule has 0 unspecified atom stereocenters. The molecule has 0 fully saturated rings. The van der Waals surface area contributed by atoms with Crippen LogP contribution in [0.15, 0.2) is 40.4 Å². The molecule has 0 aliphatic rings. The fourth-order valence-electron chi connectivity index (χ4n) is 1.57. The molecule has 5 nitrogen and oxygen atoms in total. The lowest BCUT2D eigenvalue weighted by Gasteiger charge is -2.05. The summed E-state index contributed by atoms with van der Waals surface area (Å²) < 4.78 is 1.88. The Labute approximate surface area is 132 Å². The van der Waals surface area contributed by atoms with Crippen LogP contribution in [-0.2, 0) is 11.8 Å². The van der Waals surface area contributed by atoms with Gasteiger partial charge in [0, 0.05) is 24.2 Å². The second-order valence-electron chi connectivity index (χ2n) is 4.39. The fourth-order valence-corrected chi connectivity index (χ4v) is 3.15. The lowest BCUT2D eigenvalue weighted by molar-refractivity contribution is -0.118. The summed E-state index contributed by atoms with van der Waals surface area (Å²) >= 11 is 3.14. The average molecular weight is 322 g/mol. The summed E-state index contributed by atoms with van der Waals surface area (Å²) in [7, 11) is 1.89. The molecule has 21 heavy (non-hydrogen) atoms. The Morgan fingerprint density at radius 2 is 2.00 bits per heavy atom. The van der Waals surface area contributed by atoms with E-state index in [9.17, 15) is 4.79 Å². The largest absolute Gasteiger partial charge is 0.355 e. The van der Waals surface area contributed by atoms with Crippen molar-refractivity contribution in [3.05, 3.63) is 36.2 Å². The van der Waals surface area contributed by atoms with Gasteiger partial charge in [0.2, 0.25) is 5.91 Å². The number of carbonyl (C=O) groups excluding carboxylic acids is 1. The topological polar surface area (TPSA) is 59.8 Å². The number of aryl methyl sites for hydroxylation is 1. The van der Waals surface area contributed by atoms with Crippen LogP contribution in [0.5, 0.6) is 0 Å². The monoisotopic (exact) mass is 322 g/mol. The van der Waals surface area contributed by atoms with Crippen LogP contribution in [0.1, 0.15) is 5.82 Å². The number of benzene rings is 1. The van der Waals surface area contributed by atoms with E-state index in [0.717, 1.165) is 16.7 Å². The van der Waals surface area contributed by atoms with Crippen molar-refractivity contribution in [3.63, 3.8) is 0 Å². The Morgan fingerprint density at radius 1 is 1.24 bits per heavy atom. The number of hydrogen-bond acceptors (Lipinski definition) is 5. The van der Waals surface area contributed by atoms with Gasteiger partial charge in [0.25, 0.3) is 0 Å². The second kappa shape index (κ2) is 8.09. The number of rotatable bonds is 7. The highest BCUT2D eigenvalue weighted by molar-refractivity contribution is 7.99. The Hall–Kier alpha value is -1.47. The first-order chi connectivity index (χ1) is 10.2. The number of thioether (sulfide) groups is 2. The summed E-state index contributed by atoms with van der Waals surface area (Å²) in [5.74, 6) is 2.09. The Balaban J connectivity index is 1.63. The fraction of sp³-hybridized carbons (Fsp3) is 0.357. The third-order valence-electron chi connectivity index (χ3n) is 2.82. The SMILES string of the molecule is Cc1nnc(SCC(=O)NCCSc2ccccc2)n1C. The number of nitrogens with zero attached hydrogens (tertiary/aromatic N) is 3. The number of hydrogen-bond donors (Lipinski definition) is 1. The molecule has 112 valence electrons. The third-order valence-corrected chi connectivity index (χ3v) is 4.86. The van der Waals surface area contributed by atoms with Gasteiger partial charge < -0.3 is 9.88 Å². The summed E-state index contributed by atoms with van der Waals surface area (Å²) in [6, 6.07) is 10.2. The smallest absolute Gasteiger partial charge is 0.230 e. The second-order valence-corrected chi connectivity index (χ2v) is 6.50. The van der Waals surface area contributed by atoms with Crippen LogP contribution in [0, 0.1) is 6.92 Å². The van der Waals surface area contributed by atoms with Gasteiger partial charge in [-0.25, -0.2) is 0 Å². The molecular formula is C14H18N4OS2. The Bertz CT molecular complexity index is 586. The molecule has 1 N–H and O–H groups in total. The van der Waals surface area contributed by atoms with E-state index in [4.69, 9.17) is 0 Å². The van der Waals surface area contributed by atoms with Gasteiger partial charge in [-0.15, -0.1) is 22.0 Å². The molecule has 1 aromatic carbocycles. The van der Waals surface area contributed by atoms with Crippen LogP contribution >= 0.6 is 23.5 Å². The predicted molar refractivity (Wildman–Crippen MR) is 86.6 cm³/mol. The standard InChI is InChI=1S/C14H18N4OS2/c1-11-16-17-14(18(11)2)21-10-13(19)15-8-9-20-12-6-4-3-5-7-12/h3-7H,8-10H2,1-2H3,(H,15,19). The van der Waals surface area contributed by atoms with E-state index in [1.54, 1.807) is 11.8 Å². The summed E-state index contributed by atoms with van der Waals surface area (Å²) in [5.41, 5.74) is 0. The predicted octanol–water partition coefficient (Wildman–Crippen LogP) is 2.12. The first kappa shape index (κ1) is 15.9. The highest BCUT2D eigenvalue weighted by Gasteiger charge is 2.08. The van der Waals surface area contributed by atoms with Gasteiger partial charge in [-0.05, 0) is 19.1 Å². The zero-order valence-corrected chi connectivity index (χ0v) is 13.7. The van der Waals surface area contributed by atoms with Crippen LogP contribution in [-0.4, -0.2) is 38.7 Å². The van der Waals surface area contributed by atoms with Gasteiger partial charge in [-0.1, -0.05) is 30.0 Å². The van der Waals surface area contributed by atoms with E-state index in [-0.39, 0.29) is 5.91 Å². The molecule has 0 spiro atoms. The summed E-state index contributed by atoms with van der Waals surface area (Å²) in [6.07, 6.45) is 0. The van der Waals surface area contributed by atoms with Crippen LogP contribution in [0.25, 0.3) is 0 Å². The van der Waals surface area contributed by atoms with Crippen molar-refractivity contribution in [1.29, 1.82) is 0 Å². The van der Waals surface area contributed by atoms with Gasteiger partial charge in [-0.2, -0.15) is 0 Å². The van der Waals surface area contributed by atoms with E-state index in [1.165, 1.54) is 16.7 Å². The normalized spacial score (nSPS) is 10.6. The quantitative estimate of drug-likeness (QED) is 0.625. The zero-order valence-electron chi connectivity index (χ0n) is 12.1. The third kappa shape index (κ3) is 5.09. The molecule has 0 aliphatic carbocycles. The van der Waals surface area contributed by atoms with Gasteiger partial charge in [0.1, 0.15) is 5.82 Å². The Morgan fingerprint density at radius 3 is 2.67 bits per heavy atom. The molecule has 0 atom stereocenters. The molecular weight excluding hydrogens is 304 g/mol. The first-order valence-corrected chi connectivity index (χ1v) is 8.57. The lowest BCUT2D eigenvalue weighted by atomic mass is 10.4. The van der Waals surface area contributed by atoms with Crippen molar-refractivity contribution in [2.45, 2.75) is 17.0 Å². The molecule has 2 rings (SSSR count). The Kier molecular flexibility index (Phi) is 6.13. The summed E-state index contributed by atoms with van der Waals surface area (Å²) in [4.78, 5) is 13.0. The van der Waals surface area contributed by atoms with Crippen molar-refractivity contribution in [2.75, 3.05) is 18.1 Å². The van der Waals surface area contributed by atoms with Crippen LogP contribution < -0.4 is 5.32 Å². The maximum Gasteiger partial charge on any atom is 0.230 e. The summed E-state index contributed by atoms with van der Waals surface area (Å²) in [6.45, 7) is 2.55. The minimum absolute atomic E-state index is 0.0225. The number of aromatic nitrogens is 3. The molecule has 2 aromatic rings. The molecule has 0 saturated heterocycles. The van der Waals surface area contributed by atoms with Crippen LogP contribution in [0.4, 0.5) is 0 Å². The maximum absolute atomic E-state index is 11.7. The molecule has 0 saturated carbocycles. The van der Waals surface area contributed by atoms with Crippen molar-refractivity contribution in [2.24, 2.45) is 7.05 Å². The van der Waals surface area contributed by atoms with E-state index in [2.05, 4.69) is 27.6 Å². The molecule has 0 aliphatic heterocycles. The number of amides is 1. The summed E-state index contributed by atoms with van der Waals surface area (Å²) in [5, 5.41) is 11.7. The minimum Gasteiger partial charge on any atom is -0.355 e. The molecule has 7 heteroatoms. The molecule has 1 heterocycles. The highest BCUT2D eigenvalue weighted by atomic mass is 32.2. The average Bonchev–Trinajstić information content (AvgIpc) is 2.82. The van der Waals surface area contributed by atoms with Gasteiger partial charge >= 0.3 is 0 Å². The van der Waals surface area contributed by atoms with Gasteiger partial charge in [0.15, 0.2) is 5.16 Å². The molecule has 1 aromatic heterocycles. The van der Waals surface area contributed by atoms with E-state index < -0.39 is 0 Å². The molecule has 0 bridgehead atoms. The number of carbonyl (C=O) groups is 1. The van der Waals surface area contributed by atoms with E-state index in [1.807, 2.05) is 36.7 Å². The van der Waals surface area contributed by atoms with Crippen molar-refractivity contribution < 1.29 is 4.79 Å².